The summed E-state index contributed by atoms with van der Waals surface area (Å²) in [6.07, 6.45) is 11.4. The van der Waals surface area contributed by atoms with Crippen LogP contribution in [0.4, 0.5) is 0 Å². The van der Waals surface area contributed by atoms with Crippen molar-refractivity contribution in [3.63, 3.8) is 0 Å². The van der Waals surface area contributed by atoms with E-state index in [-0.39, 0.29) is 0 Å². The SMILES string of the molecule is CCC(C)CCCC(C)CC=CC(C)=CC(=O)O. The van der Waals surface area contributed by atoms with Gasteiger partial charge in [0, 0.05) is 6.08 Å². The van der Waals surface area contributed by atoms with Gasteiger partial charge in [-0.3, -0.25) is 0 Å². The minimum Gasteiger partial charge on any atom is -0.478 e. The Labute approximate surface area is 112 Å². The molecule has 0 aromatic heterocycles. The molecule has 0 aromatic carbocycles. The molecule has 0 heterocycles. The van der Waals surface area contributed by atoms with Crippen molar-refractivity contribution in [3.05, 3.63) is 23.8 Å². The second kappa shape index (κ2) is 9.93. The van der Waals surface area contributed by atoms with Crippen LogP contribution in [-0.4, -0.2) is 11.1 Å². The topological polar surface area (TPSA) is 37.3 Å². The van der Waals surface area contributed by atoms with E-state index in [0.29, 0.717) is 5.92 Å². The molecule has 18 heavy (non-hydrogen) atoms. The molecule has 2 atom stereocenters. The summed E-state index contributed by atoms with van der Waals surface area (Å²) in [5, 5.41) is 8.57. The molecule has 0 saturated heterocycles. The van der Waals surface area contributed by atoms with Crippen molar-refractivity contribution in [2.75, 3.05) is 0 Å². The fraction of sp³-hybridized carbons (Fsp3) is 0.688. The van der Waals surface area contributed by atoms with Crippen LogP contribution < -0.4 is 0 Å². The third kappa shape index (κ3) is 10.1. The normalized spacial score (nSPS) is 15.9. The summed E-state index contributed by atoms with van der Waals surface area (Å²) in [6, 6.07) is 0. The smallest absolute Gasteiger partial charge is 0.328 e. The highest BCUT2D eigenvalue weighted by Crippen LogP contribution is 2.17. The standard InChI is InChI=1S/C16H28O2/c1-5-13(2)8-6-9-14(3)10-7-11-15(4)12-16(17)18/h7,11-14H,5-6,8-10H2,1-4H3,(H,17,18). The number of hydrogen-bond donors (Lipinski definition) is 1. The van der Waals surface area contributed by atoms with Gasteiger partial charge in [0.1, 0.15) is 0 Å². The van der Waals surface area contributed by atoms with E-state index < -0.39 is 5.97 Å². The molecule has 0 rings (SSSR count). The molecule has 0 aliphatic heterocycles. The van der Waals surface area contributed by atoms with Crippen molar-refractivity contribution in [2.24, 2.45) is 11.8 Å². The van der Waals surface area contributed by atoms with Gasteiger partial charge >= 0.3 is 5.97 Å². The van der Waals surface area contributed by atoms with Crippen molar-refractivity contribution in [2.45, 2.75) is 59.8 Å². The predicted octanol–water partition coefficient (Wildman–Crippen LogP) is 4.82. The first-order chi connectivity index (χ1) is 8.45. The molecule has 0 saturated carbocycles. The Morgan fingerprint density at radius 3 is 2.39 bits per heavy atom. The van der Waals surface area contributed by atoms with Gasteiger partial charge in [0.25, 0.3) is 0 Å². The summed E-state index contributed by atoms with van der Waals surface area (Å²) in [6.45, 7) is 8.63. The molecule has 0 amide bonds. The second-order valence-electron chi connectivity index (χ2n) is 5.41. The summed E-state index contributed by atoms with van der Waals surface area (Å²) in [4.78, 5) is 10.4. The van der Waals surface area contributed by atoms with Gasteiger partial charge in [-0.1, -0.05) is 58.6 Å². The van der Waals surface area contributed by atoms with Crippen LogP contribution in [0.2, 0.25) is 0 Å². The Balaban J connectivity index is 3.79. The number of hydrogen-bond acceptors (Lipinski definition) is 1. The Bertz CT molecular complexity index is 289. The Kier molecular flexibility index (Phi) is 9.35. The first-order valence-electron chi connectivity index (χ1n) is 7.03. The average Bonchev–Trinajstić information content (AvgIpc) is 2.27. The van der Waals surface area contributed by atoms with E-state index in [1.165, 1.54) is 31.8 Å². The van der Waals surface area contributed by atoms with Crippen LogP contribution in [0.15, 0.2) is 23.8 Å². The number of allylic oxidation sites excluding steroid dienone is 3. The summed E-state index contributed by atoms with van der Waals surface area (Å²) >= 11 is 0. The maximum absolute atomic E-state index is 10.4. The van der Waals surface area contributed by atoms with E-state index in [1.54, 1.807) is 0 Å². The summed E-state index contributed by atoms with van der Waals surface area (Å²) in [5.41, 5.74) is 0.800. The molecule has 0 aliphatic rings. The summed E-state index contributed by atoms with van der Waals surface area (Å²) < 4.78 is 0. The number of carboxylic acid groups (broad SMARTS) is 1. The zero-order valence-electron chi connectivity index (χ0n) is 12.3. The van der Waals surface area contributed by atoms with Crippen molar-refractivity contribution in [1.82, 2.24) is 0 Å². The van der Waals surface area contributed by atoms with Gasteiger partial charge in [-0.25, -0.2) is 4.79 Å². The van der Waals surface area contributed by atoms with Crippen LogP contribution in [0.1, 0.15) is 59.8 Å². The van der Waals surface area contributed by atoms with Gasteiger partial charge in [-0.2, -0.15) is 0 Å². The van der Waals surface area contributed by atoms with Crippen LogP contribution in [-0.2, 0) is 4.79 Å². The first kappa shape index (κ1) is 16.9. The van der Waals surface area contributed by atoms with Crippen LogP contribution >= 0.6 is 0 Å². The van der Waals surface area contributed by atoms with Gasteiger partial charge in [-0.15, -0.1) is 0 Å². The van der Waals surface area contributed by atoms with Gasteiger partial charge in [0.15, 0.2) is 0 Å². The molecule has 2 unspecified atom stereocenters. The molecule has 2 heteroatoms. The fourth-order valence-corrected chi connectivity index (χ4v) is 1.87. The van der Waals surface area contributed by atoms with E-state index in [1.807, 2.05) is 13.0 Å². The van der Waals surface area contributed by atoms with Gasteiger partial charge in [0.05, 0.1) is 0 Å². The maximum Gasteiger partial charge on any atom is 0.328 e. The van der Waals surface area contributed by atoms with Crippen LogP contribution in [0.25, 0.3) is 0 Å². The maximum atomic E-state index is 10.4. The fourth-order valence-electron chi connectivity index (χ4n) is 1.87. The predicted molar refractivity (Wildman–Crippen MR) is 77.6 cm³/mol. The Morgan fingerprint density at radius 1 is 1.22 bits per heavy atom. The third-order valence-corrected chi connectivity index (χ3v) is 3.36. The lowest BCUT2D eigenvalue weighted by Gasteiger charge is -2.11. The van der Waals surface area contributed by atoms with E-state index in [4.69, 9.17) is 5.11 Å². The van der Waals surface area contributed by atoms with Crippen LogP contribution in [0.5, 0.6) is 0 Å². The van der Waals surface area contributed by atoms with Gasteiger partial charge in [0.2, 0.25) is 0 Å². The van der Waals surface area contributed by atoms with E-state index >= 15 is 0 Å². The van der Waals surface area contributed by atoms with Crippen molar-refractivity contribution >= 4 is 5.97 Å². The van der Waals surface area contributed by atoms with E-state index in [2.05, 4.69) is 26.8 Å². The molecular formula is C16H28O2. The molecule has 0 aromatic rings. The van der Waals surface area contributed by atoms with Crippen LogP contribution in [0.3, 0.4) is 0 Å². The molecule has 0 fully saturated rings. The molecule has 0 aliphatic carbocycles. The van der Waals surface area contributed by atoms with Gasteiger partial charge in [-0.05, 0) is 30.8 Å². The highest BCUT2D eigenvalue weighted by molar-refractivity contribution is 5.81. The monoisotopic (exact) mass is 252 g/mol. The molecule has 2 nitrogen and oxygen atoms in total. The quantitative estimate of drug-likeness (QED) is 0.472. The lowest BCUT2D eigenvalue weighted by atomic mass is 9.95. The zero-order valence-corrected chi connectivity index (χ0v) is 12.3. The summed E-state index contributed by atoms with van der Waals surface area (Å²) in [7, 11) is 0. The molecule has 0 radical (unpaired) electrons. The van der Waals surface area contributed by atoms with Gasteiger partial charge < -0.3 is 5.11 Å². The number of rotatable bonds is 9. The summed E-state index contributed by atoms with van der Waals surface area (Å²) in [5.74, 6) is 0.648. The number of carbonyl (C=O) groups is 1. The molecule has 104 valence electrons. The van der Waals surface area contributed by atoms with Crippen LogP contribution in [0, 0.1) is 11.8 Å². The highest BCUT2D eigenvalue weighted by Gasteiger charge is 2.02. The second-order valence-corrected chi connectivity index (χ2v) is 5.41. The van der Waals surface area contributed by atoms with E-state index in [0.717, 1.165) is 17.9 Å². The minimum absolute atomic E-state index is 0.683. The number of carboxylic acids is 1. The molecular weight excluding hydrogens is 224 g/mol. The first-order valence-corrected chi connectivity index (χ1v) is 7.03. The largest absolute Gasteiger partial charge is 0.478 e. The average molecular weight is 252 g/mol. The highest BCUT2D eigenvalue weighted by atomic mass is 16.4. The molecule has 1 N–H and O–H groups in total. The van der Waals surface area contributed by atoms with E-state index in [9.17, 15) is 4.79 Å². The lowest BCUT2D eigenvalue weighted by Crippen LogP contribution is -1.97. The van der Waals surface area contributed by atoms with Crippen molar-refractivity contribution < 1.29 is 9.90 Å². The van der Waals surface area contributed by atoms with Crippen molar-refractivity contribution in [3.8, 4) is 0 Å². The molecule has 0 bridgehead atoms. The Hall–Kier alpha value is -1.05. The lowest BCUT2D eigenvalue weighted by molar-refractivity contribution is -0.131. The molecule has 0 spiro atoms. The minimum atomic E-state index is -0.876. The number of aliphatic carboxylic acids is 1. The van der Waals surface area contributed by atoms with Crippen molar-refractivity contribution in [1.29, 1.82) is 0 Å². The third-order valence-electron chi connectivity index (χ3n) is 3.36. The zero-order chi connectivity index (χ0) is 14.0. The Morgan fingerprint density at radius 2 is 1.83 bits per heavy atom.